The average molecular weight is 323 g/mol. The molecule has 0 saturated heterocycles. The molecule has 0 spiro atoms. The number of alkyl halides is 2. The highest BCUT2D eigenvalue weighted by molar-refractivity contribution is 5.94. The number of amides is 1. The van der Waals surface area contributed by atoms with Crippen molar-refractivity contribution in [3.05, 3.63) is 65.0 Å². The first-order chi connectivity index (χ1) is 10.9. The van der Waals surface area contributed by atoms with Crippen LogP contribution in [0.25, 0.3) is 0 Å². The van der Waals surface area contributed by atoms with Crippen molar-refractivity contribution in [1.29, 1.82) is 0 Å². The van der Waals surface area contributed by atoms with Gasteiger partial charge in [0, 0.05) is 11.1 Å². The van der Waals surface area contributed by atoms with Crippen molar-refractivity contribution >= 4 is 5.91 Å². The number of hydrogen-bond donors (Lipinski definition) is 1. The van der Waals surface area contributed by atoms with Gasteiger partial charge in [0.05, 0.1) is 6.04 Å². The minimum absolute atomic E-state index is 0.00890. The molecule has 0 bridgehead atoms. The minimum atomic E-state index is -2.95. The van der Waals surface area contributed by atoms with Crippen LogP contribution in [0, 0.1) is 12.7 Å². The highest BCUT2D eigenvalue weighted by atomic mass is 19.3. The number of carbonyl (C=O) groups is 1. The molecule has 0 radical (unpaired) electrons. The van der Waals surface area contributed by atoms with Crippen LogP contribution in [0.1, 0.15) is 34.5 Å². The highest BCUT2D eigenvalue weighted by Crippen LogP contribution is 2.26. The van der Waals surface area contributed by atoms with E-state index in [1.807, 2.05) is 0 Å². The van der Waals surface area contributed by atoms with Gasteiger partial charge < -0.3 is 10.1 Å². The topological polar surface area (TPSA) is 38.3 Å². The molecule has 0 unspecified atom stereocenters. The van der Waals surface area contributed by atoms with Crippen LogP contribution in [0.15, 0.2) is 42.5 Å². The third-order valence-corrected chi connectivity index (χ3v) is 3.38. The van der Waals surface area contributed by atoms with Crippen molar-refractivity contribution in [3.8, 4) is 5.75 Å². The lowest BCUT2D eigenvalue weighted by molar-refractivity contribution is -0.0506. The molecule has 23 heavy (non-hydrogen) atoms. The molecule has 2 rings (SSSR count). The van der Waals surface area contributed by atoms with Crippen molar-refractivity contribution in [2.45, 2.75) is 26.5 Å². The van der Waals surface area contributed by atoms with E-state index in [2.05, 4.69) is 10.1 Å². The van der Waals surface area contributed by atoms with Gasteiger partial charge in [0.15, 0.2) is 0 Å². The van der Waals surface area contributed by atoms with E-state index in [1.54, 1.807) is 32.0 Å². The van der Waals surface area contributed by atoms with Crippen LogP contribution >= 0.6 is 0 Å². The second-order valence-corrected chi connectivity index (χ2v) is 5.08. The Morgan fingerprint density at radius 2 is 1.87 bits per heavy atom. The van der Waals surface area contributed by atoms with Gasteiger partial charge in [0.2, 0.25) is 0 Å². The van der Waals surface area contributed by atoms with Crippen molar-refractivity contribution in [2.75, 3.05) is 0 Å². The first-order valence-electron chi connectivity index (χ1n) is 6.99. The quantitative estimate of drug-likeness (QED) is 0.894. The van der Waals surface area contributed by atoms with E-state index in [0.29, 0.717) is 11.1 Å². The molecule has 0 fully saturated rings. The smallest absolute Gasteiger partial charge is 0.387 e. The Labute approximate surface area is 132 Å². The van der Waals surface area contributed by atoms with Crippen LogP contribution in [-0.4, -0.2) is 12.5 Å². The van der Waals surface area contributed by atoms with Gasteiger partial charge in [-0.1, -0.05) is 24.3 Å². The summed E-state index contributed by atoms with van der Waals surface area (Å²) in [6.45, 7) is 0.276. The minimum Gasteiger partial charge on any atom is -0.434 e. The molecule has 0 aliphatic heterocycles. The number of halogens is 3. The second-order valence-electron chi connectivity index (χ2n) is 5.08. The monoisotopic (exact) mass is 323 g/mol. The van der Waals surface area contributed by atoms with Gasteiger partial charge >= 0.3 is 6.61 Å². The summed E-state index contributed by atoms with van der Waals surface area (Å²) in [6.07, 6.45) is 0. The summed E-state index contributed by atoms with van der Waals surface area (Å²) >= 11 is 0. The summed E-state index contributed by atoms with van der Waals surface area (Å²) in [5, 5.41) is 2.64. The normalized spacial score (nSPS) is 12.1. The van der Waals surface area contributed by atoms with Gasteiger partial charge in [-0.15, -0.1) is 0 Å². The molecular weight excluding hydrogens is 307 g/mol. The zero-order chi connectivity index (χ0) is 17.0. The van der Waals surface area contributed by atoms with E-state index >= 15 is 0 Å². The van der Waals surface area contributed by atoms with Crippen LogP contribution in [0.2, 0.25) is 0 Å². The molecule has 1 atom stereocenters. The molecule has 6 heteroatoms. The molecule has 1 N–H and O–H groups in total. The van der Waals surface area contributed by atoms with Gasteiger partial charge in [-0.05, 0) is 37.6 Å². The Morgan fingerprint density at radius 3 is 2.52 bits per heavy atom. The third kappa shape index (κ3) is 4.25. The van der Waals surface area contributed by atoms with Crippen molar-refractivity contribution in [2.24, 2.45) is 0 Å². The Bertz CT molecular complexity index is 704. The van der Waals surface area contributed by atoms with Crippen LogP contribution in [0.3, 0.4) is 0 Å². The third-order valence-electron chi connectivity index (χ3n) is 3.38. The zero-order valence-corrected chi connectivity index (χ0v) is 12.6. The fraction of sp³-hybridized carbons (Fsp3) is 0.235. The number of hydrogen-bond acceptors (Lipinski definition) is 2. The van der Waals surface area contributed by atoms with Gasteiger partial charge in [-0.2, -0.15) is 8.78 Å². The van der Waals surface area contributed by atoms with Crippen molar-refractivity contribution in [3.63, 3.8) is 0 Å². The van der Waals surface area contributed by atoms with E-state index in [1.165, 1.54) is 18.2 Å². The van der Waals surface area contributed by atoms with Crippen molar-refractivity contribution < 1.29 is 22.7 Å². The van der Waals surface area contributed by atoms with Gasteiger partial charge in [0.25, 0.3) is 5.91 Å². The lowest BCUT2D eigenvalue weighted by atomic mass is 10.1. The molecule has 0 heterocycles. The summed E-state index contributed by atoms with van der Waals surface area (Å²) in [6, 6.07) is 9.76. The van der Waals surface area contributed by atoms with Crippen LogP contribution < -0.4 is 10.1 Å². The maximum absolute atomic E-state index is 13.5. The largest absolute Gasteiger partial charge is 0.434 e. The summed E-state index contributed by atoms with van der Waals surface area (Å²) < 4.78 is 42.8. The molecule has 122 valence electrons. The van der Waals surface area contributed by atoms with E-state index in [4.69, 9.17) is 0 Å². The first kappa shape index (κ1) is 16.9. The Kier molecular flexibility index (Phi) is 5.26. The second kappa shape index (κ2) is 7.17. The fourth-order valence-corrected chi connectivity index (χ4v) is 2.13. The number of nitrogens with one attached hydrogen (secondary N) is 1. The van der Waals surface area contributed by atoms with E-state index in [-0.39, 0.29) is 11.3 Å². The fourth-order valence-electron chi connectivity index (χ4n) is 2.13. The lowest BCUT2D eigenvalue weighted by Gasteiger charge is -2.18. The summed E-state index contributed by atoms with van der Waals surface area (Å²) in [7, 11) is 0. The Balaban J connectivity index is 2.16. The maximum atomic E-state index is 13.5. The molecule has 0 aliphatic rings. The summed E-state index contributed by atoms with van der Waals surface area (Å²) in [5.41, 5.74) is 1.01. The number of ether oxygens (including phenoxy) is 1. The average Bonchev–Trinajstić information content (AvgIpc) is 2.49. The summed E-state index contributed by atoms with van der Waals surface area (Å²) in [4.78, 5) is 12.2. The predicted octanol–water partition coefficient (Wildman–Crippen LogP) is 4.23. The first-order valence-corrected chi connectivity index (χ1v) is 6.99. The maximum Gasteiger partial charge on any atom is 0.387 e. The van der Waals surface area contributed by atoms with E-state index < -0.39 is 24.4 Å². The molecule has 2 aromatic rings. The van der Waals surface area contributed by atoms with Gasteiger partial charge in [-0.25, -0.2) is 4.39 Å². The molecule has 3 nitrogen and oxygen atoms in total. The molecule has 0 saturated carbocycles. The summed E-state index contributed by atoms with van der Waals surface area (Å²) in [5.74, 6) is -0.986. The zero-order valence-electron chi connectivity index (χ0n) is 12.6. The van der Waals surface area contributed by atoms with Crippen LogP contribution in [0.5, 0.6) is 5.75 Å². The molecule has 1 amide bonds. The van der Waals surface area contributed by atoms with Crippen LogP contribution in [0.4, 0.5) is 13.2 Å². The van der Waals surface area contributed by atoms with Gasteiger partial charge in [-0.3, -0.25) is 4.79 Å². The highest BCUT2D eigenvalue weighted by Gasteiger charge is 2.17. The van der Waals surface area contributed by atoms with Crippen molar-refractivity contribution in [1.82, 2.24) is 5.32 Å². The predicted molar refractivity (Wildman–Crippen MR) is 80.1 cm³/mol. The molecule has 0 aromatic heterocycles. The molecule has 2 aromatic carbocycles. The number of carbonyl (C=O) groups excluding carboxylic acids is 1. The number of para-hydroxylation sites is 1. The Hall–Kier alpha value is -2.50. The Morgan fingerprint density at radius 1 is 1.17 bits per heavy atom. The molecule has 0 aliphatic carbocycles. The van der Waals surface area contributed by atoms with Gasteiger partial charge in [0.1, 0.15) is 11.6 Å². The standard InChI is InChI=1S/C17H16F3NO2/c1-10-7-8-12(9-14(10)18)16(22)21-11(2)13-5-3-4-6-15(13)23-17(19)20/h3-9,11,17H,1-2H3,(H,21,22)/t11-/m1/s1. The lowest BCUT2D eigenvalue weighted by Crippen LogP contribution is -2.27. The number of benzene rings is 2. The SMILES string of the molecule is Cc1ccc(C(=O)N[C@H](C)c2ccccc2OC(F)F)cc1F. The van der Waals surface area contributed by atoms with E-state index in [0.717, 1.165) is 6.07 Å². The number of rotatable bonds is 5. The van der Waals surface area contributed by atoms with E-state index in [9.17, 15) is 18.0 Å². The van der Waals surface area contributed by atoms with Crippen LogP contribution in [-0.2, 0) is 0 Å². The molecular formula is C17H16F3NO2. The number of aryl methyl sites for hydroxylation is 1.